The third-order valence-corrected chi connectivity index (χ3v) is 20.0. The fourth-order valence-corrected chi connectivity index (χ4v) is 19.6. The van der Waals surface area contributed by atoms with Gasteiger partial charge in [0.15, 0.2) is 0 Å². The van der Waals surface area contributed by atoms with E-state index in [2.05, 4.69) is 103 Å². The maximum atomic E-state index is 7.02. The predicted octanol–water partition coefficient (Wildman–Crippen LogP) is 8.62. The third-order valence-electron chi connectivity index (χ3n) is 7.91. The van der Waals surface area contributed by atoms with E-state index in [1.54, 1.807) is 0 Å². The van der Waals surface area contributed by atoms with Gasteiger partial charge in [0.25, 0.3) is 0 Å². The van der Waals surface area contributed by atoms with Crippen molar-refractivity contribution >= 4 is 0 Å². The van der Waals surface area contributed by atoms with Gasteiger partial charge in [0, 0.05) is 0 Å². The second-order valence-corrected chi connectivity index (χ2v) is 21.0. The molecule has 0 heterocycles. The van der Waals surface area contributed by atoms with Crippen molar-refractivity contribution in [3.63, 3.8) is 0 Å². The zero-order chi connectivity index (χ0) is 31.1. The quantitative estimate of drug-likeness (QED) is 0.0888. The van der Waals surface area contributed by atoms with E-state index in [1.165, 1.54) is 5.56 Å². The summed E-state index contributed by atoms with van der Waals surface area (Å²) in [6.07, 6.45) is 2.90. The van der Waals surface area contributed by atoms with Crippen LogP contribution in [0.15, 0.2) is 60.7 Å². The topological polar surface area (TPSA) is 55.4 Å². The van der Waals surface area contributed by atoms with E-state index in [-0.39, 0.29) is 11.5 Å². The number of ether oxygens (including phenoxy) is 3. The van der Waals surface area contributed by atoms with Crippen LogP contribution in [-0.4, -0.2) is 49.3 Å². The predicted molar refractivity (Wildman–Crippen MR) is 168 cm³/mol. The van der Waals surface area contributed by atoms with Crippen LogP contribution in [0, 0.1) is 0 Å². The van der Waals surface area contributed by atoms with E-state index in [9.17, 15) is 0 Å². The van der Waals surface area contributed by atoms with Crippen molar-refractivity contribution in [2.75, 3.05) is 39.6 Å². The second-order valence-electron chi connectivity index (χ2n) is 11.6. The van der Waals surface area contributed by atoms with Crippen LogP contribution in [0.2, 0.25) is 0 Å². The van der Waals surface area contributed by atoms with E-state index in [0.717, 1.165) is 31.2 Å². The molecule has 0 saturated carbocycles. The van der Waals surface area contributed by atoms with Crippen LogP contribution in [0.1, 0.15) is 99.1 Å². The Morgan fingerprint density at radius 3 is 1.40 bits per heavy atom. The Labute approximate surface area is 262 Å². The maximum absolute atomic E-state index is 7.02. The summed E-state index contributed by atoms with van der Waals surface area (Å²) >= 11 is -5.04. The number of hydrogen-bond acceptors (Lipinski definition) is 6. The van der Waals surface area contributed by atoms with Gasteiger partial charge in [-0.05, 0) is 0 Å². The van der Waals surface area contributed by atoms with Crippen LogP contribution >= 0.6 is 0 Å². The first-order valence-electron chi connectivity index (χ1n) is 16.1. The van der Waals surface area contributed by atoms with Gasteiger partial charge in [-0.1, -0.05) is 0 Å². The summed E-state index contributed by atoms with van der Waals surface area (Å²) in [5.41, 5.74) is 1.25. The normalized spacial score (nSPS) is 15.0. The molecule has 0 aliphatic heterocycles. The Morgan fingerprint density at radius 1 is 0.595 bits per heavy atom. The zero-order valence-corrected chi connectivity index (χ0v) is 31.5. The Balaban J connectivity index is 3.01. The minimum absolute atomic E-state index is 0.209. The Kier molecular flexibility index (Phi) is 16.1. The van der Waals surface area contributed by atoms with Gasteiger partial charge in [0.05, 0.1) is 0 Å². The summed E-state index contributed by atoms with van der Waals surface area (Å²) in [7, 11) is 0. The standard InChI is InChI=1S/C26H37O3.3C3H7O.Hf/c1-7-27-23(20-25(4,5)21-16-12-10-13-17-21)26(6,22-18-14-11-15-19-22)24(28-8-2)29-9-3;3*1-2-3-4;/h10-19,23H,7-9,20H2,1-6H3;3*2-3H2,1H3;/q;3*-1;+3. The molecular formula is C35H58HfO6. The van der Waals surface area contributed by atoms with Crippen molar-refractivity contribution in [1.82, 2.24) is 0 Å². The van der Waals surface area contributed by atoms with E-state index >= 15 is 0 Å². The molecule has 0 N–H and O–H groups in total. The first-order chi connectivity index (χ1) is 20.2. The molecule has 2 rings (SSSR count). The van der Waals surface area contributed by atoms with Crippen molar-refractivity contribution < 1.29 is 44.1 Å². The fourth-order valence-electron chi connectivity index (χ4n) is 5.84. The molecule has 0 bridgehead atoms. The molecule has 0 aliphatic carbocycles. The monoisotopic (exact) mass is 754 g/mol. The van der Waals surface area contributed by atoms with Gasteiger partial charge in [0.2, 0.25) is 0 Å². The van der Waals surface area contributed by atoms with E-state index in [4.69, 9.17) is 22.8 Å². The molecule has 0 saturated heterocycles. The minimum atomic E-state index is -5.04. The van der Waals surface area contributed by atoms with E-state index in [1.807, 2.05) is 19.9 Å². The average Bonchev–Trinajstić information content (AvgIpc) is 3.01. The summed E-state index contributed by atoms with van der Waals surface area (Å²) < 4.78 is 40.4. The molecular weight excluding hydrogens is 695 g/mol. The molecule has 0 fully saturated rings. The van der Waals surface area contributed by atoms with E-state index < -0.39 is 30.2 Å². The van der Waals surface area contributed by atoms with Crippen molar-refractivity contribution in [3.8, 4) is 0 Å². The molecule has 0 aliphatic rings. The van der Waals surface area contributed by atoms with Crippen molar-refractivity contribution in [1.29, 1.82) is 0 Å². The number of benzene rings is 2. The first kappa shape index (κ1) is 37.3. The molecule has 0 spiro atoms. The van der Waals surface area contributed by atoms with Crippen molar-refractivity contribution in [3.05, 3.63) is 71.8 Å². The molecule has 2 aromatic rings. The number of rotatable bonds is 22. The molecule has 0 aromatic heterocycles. The van der Waals surface area contributed by atoms with Crippen molar-refractivity contribution in [2.24, 2.45) is 0 Å². The third kappa shape index (κ3) is 8.41. The van der Waals surface area contributed by atoms with Gasteiger partial charge in [-0.15, -0.1) is 0 Å². The molecule has 2 atom stereocenters. The fraction of sp³-hybridized carbons (Fsp3) is 0.657. The molecule has 238 valence electrons. The molecule has 0 radical (unpaired) electrons. The zero-order valence-electron chi connectivity index (χ0n) is 27.9. The summed E-state index contributed by atoms with van der Waals surface area (Å²) in [4.78, 5) is 0. The Hall–Kier alpha value is -0.930. The summed E-state index contributed by atoms with van der Waals surface area (Å²) in [6.45, 7) is 22.1. The molecule has 6 nitrogen and oxygen atoms in total. The van der Waals surface area contributed by atoms with Gasteiger partial charge in [0.1, 0.15) is 0 Å². The SMILES string of the molecule is CCC[O][Hf]([O]CCC)([O]CCC)[C](OCC)(OCC)C(C)(c1ccccc1)C(CC(C)(C)c1ccccc1)OCC. The van der Waals surface area contributed by atoms with E-state index in [0.29, 0.717) is 39.6 Å². The molecule has 42 heavy (non-hydrogen) atoms. The second kappa shape index (κ2) is 18.1. The van der Waals surface area contributed by atoms with Gasteiger partial charge < -0.3 is 0 Å². The van der Waals surface area contributed by atoms with Gasteiger partial charge >= 0.3 is 264 Å². The Bertz CT molecular complexity index is 958. The van der Waals surface area contributed by atoms with Gasteiger partial charge in [-0.2, -0.15) is 0 Å². The van der Waals surface area contributed by atoms with Gasteiger partial charge in [-0.25, -0.2) is 0 Å². The summed E-state index contributed by atoms with van der Waals surface area (Å²) in [5.74, 6) is 0. The molecule has 2 aromatic carbocycles. The average molecular weight is 753 g/mol. The summed E-state index contributed by atoms with van der Waals surface area (Å²) in [5, 5.41) is 0. The van der Waals surface area contributed by atoms with Gasteiger partial charge in [-0.3, -0.25) is 0 Å². The molecule has 0 amide bonds. The van der Waals surface area contributed by atoms with Crippen LogP contribution in [-0.2, 0) is 54.9 Å². The Morgan fingerprint density at radius 2 is 1.02 bits per heavy atom. The van der Waals surface area contributed by atoms with Crippen LogP contribution in [0.5, 0.6) is 0 Å². The van der Waals surface area contributed by atoms with Crippen molar-refractivity contribution in [2.45, 2.75) is 108 Å². The number of hydrogen-bond donors (Lipinski definition) is 0. The molecule has 2 unspecified atom stereocenters. The summed E-state index contributed by atoms with van der Waals surface area (Å²) in [6, 6.07) is 21.2. The van der Waals surface area contributed by atoms with Crippen LogP contribution in [0.3, 0.4) is 0 Å². The van der Waals surface area contributed by atoms with Crippen LogP contribution in [0.25, 0.3) is 0 Å². The van der Waals surface area contributed by atoms with Crippen LogP contribution < -0.4 is 0 Å². The molecule has 7 heteroatoms. The van der Waals surface area contributed by atoms with Crippen LogP contribution in [0.4, 0.5) is 0 Å². The first-order valence-corrected chi connectivity index (χ1v) is 22.3.